The molecule has 0 saturated carbocycles. The van der Waals surface area contributed by atoms with Crippen LogP contribution in [0.5, 0.6) is 0 Å². The standard InChI is InChI=1S/C13H8ClN3O2/c14-11-7-12(18)17(13(19)16-11)9-3-4-10-8(6-9)2-1-5-15-10/h1-7H,(H,16,19). The maximum atomic E-state index is 11.8. The molecule has 0 aliphatic heterocycles. The monoisotopic (exact) mass is 273 g/mol. The Morgan fingerprint density at radius 1 is 1.16 bits per heavy atom. The number of benzene rings is 1. The fraction of sp³-hybridized carbons (Fsp3) is 0. The predicted molar refractivity (Wildman–Crippen MR) is 73.0 cm³/mol. The van der Waals surface area contributed by atoms with E-state index in [1.165, 1.54) is 0 Å². The van der Waals surface area contributed by atoms with Gasteiger partial charge in [0.1, 0.15) is 5.15 Å². The molecule has 1 aromatic carbocycles. The van der Waals surface area contributed by atoms with Gasteiger partial charge in [0.25, 0.3) is 5.56 Å². The van der Waals surface area contributed by atoms with E-state index < -0.39 is 11.2 Å². The van der Waals surface area contributed by atoms with Gasteiger partial charge in [-0.1, -0.05) is 17.7 Å². The molecule has 0 spiro atoms. The number of hydrogen-bond acceptors (Lipinski definition) is 3. The van der Waals surface area contributed by atoms with Crippen LogP contribution in [0.1, 0.15) is 0 Å². The molecule has 2 aromatic heterocycles. The van der Waals surface area contributed by atoms with Crippen molar-refractivity contribution in [1.82, 2.24) is 14.5 Å². The molecule has 5 nitrogen and oxygen atoms in total. The summed E-state index contributed by atoms with van der Waals surface area (Å²) < 4.78 is 1.03. The molecule has 0 saturated heterocycles. The Labute approximate surface area is 112 Å². The van der Waals surface area contributed by atoms with Gasteiger partial charge in [0, 0.05) is 17.6 Å². The third-order valence-corrected chi connectivity index (χ3v) is 2.95. The molecule has 0 unspecified atom stereocenters. The van der Waals surface area contributed by atoms with Crippen molar-refractivity contribution in [1.29, 1.82) is 0 Å². The van der Waals surface area contributed by atoms with Crippen LogP contribution in [0.4, 0.5) is 0 Å². The van der Waals surface area contributed by atoms with Crippen LogP contribution in [0.25, 0.3) is 16.6 Å². The average Bonchev–Trinajstić information content (AvgIpc) is 2.37. The van der Waals surface area contributed by atoms with Crippen LogP contribution in [0, 0.1) is 0 Å². The van der Waals surface area contributed by atoms with Crippen LogP contribution < -0.4 is 11.2 Å². The maximum absolute atomic E-state index is 11.8. The summed E-state index contributed by atoms with van der Waals surface area (Å²) in [6.45, 7) is 0. The zero-order valence-electron chi connectivity index (χ0n) is 9.63. The SMILES string of the molecule is O=c1cc(Cl)[nH]c(=O)n1-c1ccc2ncccc2c1. The average molecular weight is 274 g/mol. The number of H-pyrrole nitrogens is 1. The van der Waals surface area contributed by atoms with E-state index in [1.807, 2.05) is 6.07 Å². The summed E-state index contributed by atoms with van der Waals surface area (Å²) in [5.74, 6) is 0. The molecule has 3 aromatic rings. The van der Waals surface area contributed by atoms with Crippen molar-refractivity contribution in [2.75, 3.05) is 0 Å². The first-order valence-electron chi connectivity index (χ1n) is 5.52. The van der Waals surface area contributed by atoms with Gasteiger partial charge in [0.2, 0.25) is 0 Å². The number of hydrogen-bond donors (Lipinski definition) is 1. The molecule has 0 atom stereocenters. The molecule has 0 bridgehead atoms. The highest BCUT2D eigenvalue weighted by Gasteiger charge is 2.06. The van der Waals surface area contributed by atoms with E-state index in [0.29, 0.717) is 5.69 Å². The number of aromatic amines is 1. The third-order valence-electron chi connectivity index (χ3n) is 2.74. The van der Waals surface area contributed by atoms with E-state index in [4.69, 9.17) is 11.6 Å². The van der Waals surface area contributed by atoms with Gasteiger partial charge in [-0.05, 0) is 24.3 Å². The zero-order chi connectivity index (χ0) is 13.4. The first kappa shape index (κ1) is 11.7. The van der Waals surface area contributed by atoms with Crippen molar-refractivity contribution in [3.8, 4) is 5.69 Å². The highest BCUT2D eigenvalue weighted by atomic mass is 35.5. The van der Waals surface area contributed by atoms with Gasteiger partial charge in [-0.25, -0.2) is 9.36 Å². The minimum atomic E-state index is -0.569. The summed E-state index contributed by atoms with van der Waals surface area (Å²) in [5.41, 5.74) is 0.228. The number of aromatic nitrogens is 3. The molecule has 0 aliphatic carbocycles. The van der Waals surface area contributed by atoms with E-state index in [0.717, 1.165) is 21.5 Å². The molecule has 0 radical (unpaired) electrons. The van der Waals surface area contributed by atoms with Crippen molar-refractivity contribution in [2.24, 2.45) is 0 Å². The van der Waals surface area contributed by atoms with Crippen LogP contribution in [0.3, 0.4) is 0 Å². The van der Waals surface area contributed by atoms with E-state index in [2.05, 4.69) is 9.97 Å². The number of pyridine rings is 1. The van der Waals surface area contributed by atoms with Crippen molar-refractivity contribution < 1.29 is 0 Å². The number of fused-ring (bicyclic) bond motifs is 1. The lowest BCUT2D eigenvalue weighted by molar-refractivity contribution is 0.877. The molecule has 3 rings (SSSR count). The lowest BCUT2D eigenvalue weighted by Crippen LogP contribution is -2.32. The van der Waals surface area contributed by atoms with Crippen LogP contribution in [-0.4, -0.2) is 14.5 Å². The molecule has 0 aliphatic rings. The van der Waals surface area contributed by atoms with Gasteiger partial charge >= 0.3 is 5.69 Å². The Hall–Kier alpha value is -2.40. The summed E-state index contributed by atoms with van der Waals surface area (Å²) in [6, 6.07) is 9.97. The topological polar surface area (TPSA) is 67.8 Å². The van der Waals surface area contributed by atoms with Gasteiger partial charge in [0.05, 0.1) is 11.2 Å². The minimum Gasteiger partial charge on any atom is -0.297 e. The molecule has 94 valence electrons. The van der Waals surface area contributed by atoms with Gasteiger partial charge in [-0.15, -0.1) is 0 Å². The molecular formula is C13H8ClN3O2. The Bertz CT molecular complexity index is 851. The van der Waals surface area contributed by atoms with E-state index in [-0.39, 0.29) is 5.15 Å². The van der Waals surface area contributed by atoms with Crippen LogP contribution in [0.15, 0.2) is 52.2 Å². The molecule has 2 heterocycles. The summed E-state index contributed by atoms with van der Waals surface area (Å²) >= 11 is 5.63. The summed E-state index contributed by atoms with van der Waals surface area (Å²) in [6.07, 6.45) is 1.68. The Morgan fingerprint density at radius 3 is 2.79 bits per heavy atom. The number of nitrogens with zero attached hydrogens (tertiary/aromatic N) is 2. The van der Waals surface area contributed by atoms with Crippen LogP contribution in [-0.2, 0) is 0 Å². The smallest absolute Gasteiger partial charge is 0.297 e. The first-order chi connectivity index (χ1) is 9.15. The van der Waals surface area contributed by atoms with Crippen molar-refractivity contribution >= 4 is 22.5 Å². The highest BCUT2D eigenvalue weighted by Crippen LogP contribution is 2.14. The second-order valence-electron chi connectivity index (χ2n) is 3.98. The largest absolute Gasteiger partial charge is 0.334 e. The number of nitrogens with one attached hydrogen (secondary N) is 1. The van der Waals surface area contributed by atoms with Crippen molar-refractivity contribution in [3.63, 3.8) is 0 Å². The van der Waals surface area contributed by atoms with Gasteiger partial charge in [-0.2, -0.15) is 0 Å². The molecular weight excluding hydrogens is 266 g/mol. The third kappa shape index (κ3) is 2.04. The van der Waals surface area contributed by atoms with Gasteiger partial charge in [-0.3, -0.25) is 14.8 Å². The normalized spacial score (nSPS) is 10.8. The van der Waals surface area contributed by atoms with Gasteiger partial charge in [0.15, 0.2) is 0 Å². The Balaban J connectivity index is 2.31. The second kappa shape index (κ2) is 4.37. The number of rotatable bonds is 1. The Morgan fingerprint density at radius 2 is 2.00 bits per heavy atom. The van der Waals surface area contributed by atoms with Crippen LogP contribution in [0.2, 0.25) is 5.15 Å². The fourth-order valence-corrected chi connectivity index (χ4v) is 2.09. The zero-order valence-corrected chi connectivity index (χ0v) is 10.4. The molecule has 19 heavy (non-hydrogen) atoms. The van der Waals surface area contributed by atoms with E-state index >= 15 is 0 Å². The maximum Gasteiger partial charge on any atom is 0.334 e. The van der Waals surface area contributed by atoms with Crippen LogP contribution >= 0.6 is 11.6 Å². The highest BCUT2D eigenvalue weighted by molar-refractivity contribution is 6.29. The molecule has 0 fully saturated rings. The summed E-state index contributed by atoms with van der Waals surface area (Å²) in [7, 11) is 0. The first-order valence-corrected chi connectivity index (χ1v) is 5.90. The predicted octanol–water partition coefficient (Wildman–Crippen LogP) is 1.73. The molecule has 1 N–H and O–H groups in total. The fourth-order valence-electron chi connectivity index (χ4n) is 1.91. The quantitative estimate of drug-likeness (QED) is 0.687. The van der Waals surface area contributed by atoms with Crippen molar-refractivity contribution in [3.05, 3.63) is 68.6 Å². The summed E-state index contributed by atoms with van der Waals surface area (Å²) in [5, 5.41) is 0.870. The van der Waals surface area contributed by atoms with Crippen molar-refractivity contribution in [2.45, 2.75) is 0 Å². The lowest BCUT2D eigenvalue weighted by atomic mass is 10.2. The second-order valence-corrected chi connectivity index (χ2v) is 4.38. The molecule has 0 amide bonds. The number of halogens is 1. The van der Waals surface area contributed by atoms with Gasteiger partial charge < -0.3 is 0 Å². The minimum absolute atomic E-state index is 0.0219. The molecule has 6 heteroatoms. The summed E-state index contributed by atoms with van der Waals surface area (Å²) in [4.78, 5) is 30.2. The lowest BCUT2D eigenvalue weighted by Gasteiger charge is -2.05. The van der Waals surface area contributed by atoms with E-state index in [9.17, 15) is 9.59 Å². The Kier molecular flexibility index (Phi) is 2.68. The van der Waals surface area contributed by atoms with E-state index in [1.54, 1.807) is 30.5 Å².